The molecule has 1 aliphatic heterocycles. The molecule has 148 valence electrons. The van der Waals surface area contributed by atoms with Gasteiger partial charge in [0.2, 0.25) is 0 Å². The highest BCUT2D eigenvalue weighted by molar-refractivity contribution is 6.30. The number of anilines is 2. The van der Waals surface area contributed by atoms with Gasteiger partial charge in [0, 0.05) is 48.6 Å². The minimum atomic E-state index is -0.00757. The van der Waals surface area contributed by atoms with Gasteiger partial charge in [-0.2, -0.15) is 0 Å². The maximum atomic E-state index is 13.0. The van der Waals surface area contributed by atoms with E-state index in [9.17, 15) is 4.79 Å². The molecule has 1 aromatic carbocycles. The van der Waals surface area contributed by atoms with Gasteiger partial charge in [0.1, 0.15) is 5.82 Å². The fraction of sp³-hybridized carbons (Fsp3) is 0.300. The number of nitrogens with one attached hydrogen (secondary N) is 1. The van der Waals surface area contributed by atoms with Crippen molar-refractivity contribution in [1.82, 2.24) is 14.5 Å². The first-order valence-electron chi connectivity index (χ1n) is 8.89. The first kappa shape index (κ1) is 20.5. The van der Waals surface area contributed by atoms with Gasteiger partial charge in [-0.3, -0.25) is 4.79 Å². The van der Waals surface area contributed by atoms with Crippen LogP contribution in [0.5, 0.6) is 0 Å². The summed E-state index contributed by atoms with van der Waals surface area (Å²) in [5, 5.41) is 4.98. The van der Waals surface area contributed by atoms with Crippen LogP contribution in [0.3, 0.4) is 0 Å². The van der Waals surface area contributed by atoms with E-state index in [0.29, 0.717) is 36.9 Å². The third kappa shape index (κ3) is 3.81. The van der Waals surface area contributed by atoms with Gasteiger partial charge in [-0.1, -0.05) is 11.6 Å². The Morgan fingerprint density at radius 3 is 2.71 bits per heavy atom. The number of halogens is 2. The minimum absolute atomic E-state index is 0. The molecule has 3 aromatic rings. The molecule has 1 amide bonds. The molecule has 0 aliphatic carbocycles. The van der Waals surface area contributed by atoms with E-state index < -0.39 is 0 Å². The van der Waals surface area contributed by atoms with Crippen molar-refractivity contribution < 1.29 is 9.53 Å². The summed E-state index contributed by atoms with van der Waals surface area (Å²) in [7, 11) is 1.94. The number of pyridine rings is 1. The standard InChI is InChI=1S/C20H21ClN4O2.ClH/c1-13-11-14(21)3-4-17(13)23-19-15-5-6-24(2)18(15)16(12-22-19)20(26)25-7-9-27-10-8-25;/h3-6,11-12H,7-10H2,1-2H3,(H,22,23);1H. The number of morpholine rings is 1. The number of carbonyl (C=O) groups is 1. The van der Waals surface area contributed by atoms with Crippen molar-refractivity contribution in [2.45, 2.75) is 6.92 Å². The van der Waals surface area contributed by atoms with Gasteiger partial charge in [0.15, 0.2) is 0 Å². The van der Waals surface area contributed by atoms with Crippen molar-refractivity contribution in [2.75, 3.05) is 31.6 Å². The van der Waals surface area contributed by atoms with Crippen LogP contribution in [0.15, 0.2) is 36.7 Å². The lowest BCUT2D eigenvalue weighted by atomic mass is 10.1. The Balaban J connectivity index is 0.00000225. The summed E-state index contributed by atoms with van der Waals surface area (Å²) in [6.45, 7) is 4.35. The molecular formula is C20H22Cl2N4O2. The molecular weight excluding hydrogens is 399 g/mol. The van der Waals surface area contributed by atoms with Crippen LogP contribution in [0.2, 0.25) is 5.02 Å². The number of fused-ring (bicyclic) bond motifs is 1. The summed E-state index contributed by atoms with van der Waals surface area (Å²) < 4.78 is 7.32. The number of amides is 1. The van der Waals surface area contributed by atoms with Gasteiger partial charge >= 0.3 is 0 Å². The summed E-state index contributed by atoms with van der Waals surface area (Å²) in [6, 6.07) is 7.66. The summed E-state index contributed by atoms with van der Waals surface area (Å²) in [5.41, 5.74) is 3.44. The maximum Gasteiger partial charge on any atom is 0.257 e. The van der Waals surface area contributed by atoms with E-state index in [1.165, 1.54) is 0 Å². The molecule has 28 heavy (non-hydrogen) atoms. The van der Waals surface area contributed by atoms with Gasteiger partial charge < -0.3 is 19.5 Å². The fourth-order valence-corrected chi connectivity index (χ4v) is 3.63. The smallest absolute Gasteiger partial charge is 0.257 e. The minimum Gasteiger partial charge on any atom is -0.378 e. The average Bonchev–Trinajstić information content (AvgIpc) is 3.07. The highest BCUT2D eigenvalue weighted by atomic mass is 35.5. The Labute approximate surface area is 174 Å². The summed E-state index contributed by atoms with van der Waals surface area (Å²) in [5.74, 6) is 0.710. The van der Waals surface area contributed by atoms with Crippen LogP contribution >= 0.6 is 24.0 Å². The maximum absolute atomic E-state index is 13.0. The zero-order chi connectivity index (χ0) is 19.0. The number of hydrogen-bond acceptors (Lipinski definition) is 4. The van der Waals surface area contributed by atoms with E-state index in [1.54, 1.807) is 6.20 Å². The van der Waals surface area contributed by atoms with Crippen LogP contribution in [-0.4, -0.2) is 46.7 Å². The summed E-state index contributed by atoms with van der Waals surface area (Å²) >= 11 is 6.05. The highest BCUT2D eigenvalue weighted by Gasteiger charge is 2.23. The van der Waals surface area contributed by atoms with E-state index in [1.807, 2.05) is 53.9 Å². The monoisotopic (exact) mass is 420 g/mol. The fourth-order valence-electron chi connectivity index (χ4n) is 3.40. The summed E-state index contributed by atoms with van der Waals surface area (Å²) in [6.07, 6.45) is 3.61. The van der Waals surface area contributed by atoms with Crippen molar-refractivity contribution in [3.8, 4) is 0 Å². The van der Waals surface area contributed by atoms with Crippen molar-refractivity contribution in [1.29, 1.82) is 0 Å². The molecule has 0 bridgehead atoms. The molecule has 0 unspecified atom stereocenters. The van der Waals surface area contributed by atoms with Gasteiger partial charge in [-0.05, 0) is 36.8 Å². The second-order valence-electron chi connectivity index (χ2n) is 6.70. The van der Waals surface area contributed by atoms with E-state index >= 15 is 0 Å². The second-order valence-corrected chi connectivity index (χ2v) is 7.13. The molecule has 1 N–H and O–H groups in total. The Kier molecular flexibility index (Phi) is 6.13. The molecule has 0 saturated carbocycles. The first-order valence-corrected chi connectivity index (χ1v) is 9.26. The van der Waals surface area contributed by atoms with Gasteiger partial charge in [-0.25, -0.2) is 4.98 Å². The molecule has 0 radical (unpaired) electrons. The Morgan fingerprint density at radius 1 is 1.25 bits per heavy atom. The number of nitrogens with zero attached hydrogens (tertiary/aromatic N) is 3. The van der Waals surface area contributed by atoms with Crippen LogP contribution in [0.25, 0.3) is 10.9 Å². The molecule has 6 nitrogen and oxygen atoms in total. The molecule has 3 heterocycles. The van der Waals surface area contributed by atoms with Crippen molar-refractivity contribution >= 4 is 52.3 Å². The van der Waals surface area contributed by atoms with Crippen molar-refractivity contribution in [3.05, 3.63) is 52.8 Å². The number of ether oxygens (including phenoxy) is 1. The van der Waals surface area contributed by atoms with Crippen molar-refractivity contribution in [2.24, 2.45) is 7.05 Å². The quantitative estimate of drug-likeness (QED) is 0.690. The number of aromatic nitrogens is 2. The van der Waals surface area contributed by atoms with E-state index in [0.717, 1.165) is 28.0 Å². The number of benzene rings is 1. The second kappa shape index (κ2) is 8.39. The summed E-state index contributed by atoms with van der Waals surface area (Å²) in [4.78, 5) is 19.4. The van der Waals surface area contributed by atoms with E-state index in [-0.39, 0.29) is 18.3 Å². The van der Waals surface area contributed by atoms with Crippen LogP contribution in [0.1, 0.15) is 15.9 Å². The lowest BCUT2D eigenvalue weighted by molar-refractivity contribution is 0.0303. The lowest BCUT2D eigenvalue weighted by Gasteiger charge is -2.27. The Hall–Kier alpha value is -2.28. The number of aryl methyl sites for hydroxylation is 2. The third-order valence-electron chi connectivity index (χ3n) is 4.88. The topological polar surface area (TPSA) is 59.4 Å². The van der Waals surface area contributed by atoms with E-state index in [4.69, 9.17) is 16.3 Å². The van der Waals surface area contributed by atoms with Crippen LogP contribution in [0.4, 0.5) is 11.5 Å². The molecule has 4 rings (SSSR count). The van der Waals surface area contributed by atoms with Gasteiger partial charge in [-0.15, -0.1) is 12.4 Å². The zero-order valence-electron chi connectivity index (χ0n) is 15.7. The van der Waals surface area contributed by atoms with Gasteiger partial charge in [0.05, 0.1) is 24.3 Å². The molecule has 0 spiro atoms. The lowest BCUT2D eigenvalue weighted by Crippen LogP contribution is -2.40. The van der Waals surface area contributed by atoms with Gasteiger partial charge in [0.25, 0.3) is 5.91 Å². The number of rotatable bonds is 3. The van der Waals surface area contributed by atoms with Crippen LogP contribution in [-0.2, 0) is 11.8 Å². The SMILES string of the molecule is Cc1cc(Cl)ccc1Nc1ncc(C(=O)N2CCOCC2)c2c1ccn2C.Cl. The molecule has 1 saturated heterocycles. The predicted octanol–water partition coefficient (Wildman–Crippen LogP) is 4.17. The molecule has 8 heteroatoms. The largest absolute Gasteiger partial charge is 0.378 e. The molecule has 1 aliphatic rings. The first-order chi connectivity index (χ1) is 13.0. The van der Waals surface area contributed by atoms with Crippen LogP contribution < -0.4 is 5.32 Å². The number of hydrogen-bond donors (Lipinski definition) is 1. The average molecular weight is 421 g/mol. The highest BCUT2D eigenvalue weighted by Crippen LogP contribution is 2.30. The molecule has 2 aromatic heterocycles. The zero-order valence-corrected chi connectivity index (χ0v) is 17.3. The van der Waals surface area contributed by atoms with Crippen LogP contribution in [0, 0.1) is 6.92 Å². The normalized spacial score (nSPS) is 14.0. The third-order valence-corrected chi connectivity index (χ3v) is 5.11. The molecule has 0 atom stereocenters. The van der Waals surface area contributed by atoms with Crippen molar-refractivity contribution in [3.63, 3.8) is 0 Å². The predicted molar refractivity (Wildman–Crippen MR) is 114 cm³/mol. The number of carbonyl (C=O) groups excluding carboxylic acids is 1. The molecule has 1 fully saturated rings. The van der Waals surface area contributed by atoms with E-state index in [2.05, 4.69) is 10.3 Å². The Morgan fingerprint density at radius 2 is 2.00 bits per heavy atom. The Bertz CT molecular complexity index is 1010.